The van der Waals surface area contributed by atoms with Gasteiger partial charge in [0.15, 0.2) is 6.29 Å². The summed E-state index contributed by atoms with van der Waals surface area (Å²) >= 11 is 0. The van der Waals surface area contributed by atoms with Gasteiger partial charge in [-0.05, 0) is 27.2 Å². The molecule has 0 spiro atoms. The molecule has 0 aromatic carbocycles. The SMILES string of the molecule is CC(C)(C)Oc1ncnc2c(C=O)cn(COCC3C=CC=CC3)c12. The molecule has 6 nitrogen and oxygen atoms in total. The number of aldehydes is 1. The number of allylic oxidation sites excluding steroid dienone is 3. The van der Waals surface area contributed by atoms with E-state index in [9.17, 15) is 4.79 Å². The van der Waals surface area contributed by atoms with Gasteiger partial charge in [0, 0.05) is 12.1 Å². The molecule has 25 heavy (non-hydrogen) atoms. The first kappa shape index (κ1) is 17.4. The van der Waals surface area contributed by atoms with E-state index in [1.54, 1.807) is 6.20 Å². The van der Waals surface area contributed by atoms with Gasteiger partial charge in [0.05, 0.1) is 12.2 Å². The van der Waals surface area contributed by atoms with Crippen molar-refractivity contribution in [2.45, 2.75) is 39.5 Å². The third kappa shape index (κ3) is 4.14. The Hall–Kier alpha value is -2.47. The first-order valence-corrected chi connectivity index (χ1v) is 8.37. The lowest BCUT2D eigenvalue weighted by Gasteiger charge is -2.21. The zero-order chi connectivity index (χ0) is 17.9. The predicted molar refractivity (Wildman–Crippen MR) is 95.6 cm³/mol. The van der Waals surface area contributed by atoms with Gasteiger partial charge in [0.1, 0.15) is 29.7 Å². The fourth-order valence-corrected chi connectivity index (χ4v) is 2.74. The molecule has 1 unspecified atom stereocenters. The van der Waals surface area contributed by atoms with Crippen LogP contribution in [0.5, 0.6) is 5.88 Å². The summed E-state index contributed by atoms with van der Waals surface area (Å²) in [6.07, 6.45) is 13.3. The molecule has 1 aliphatic rings. The summed E-state index contributed by atoms with van der Waals surface area (Å²) in [6, 6.07) is 0. The lowest BCUT2D eigenvalue weighted by Crippen LogP contribution is -2.24. The molecule has 2 heterocycles. The standard InChI is InChI=1S/C19H23N3O3/c1-19(2,3)25-18-17-16(20-12-21-18)15(10-23)9-22(17)13-24-11-14-7-5-4-6-8-14/h4-7,9-10,12,14H,8,11,13H2,1-3H3. The van der Waals surface area contributed by atoms with Crippen molar-refractivity contribution in [3.05, 3.63) is 42.4 Å². The molecule has 0 aliphatic heterocycles. The third-order valence-corrected chi connectivity index (χ3v) is 3.81. The highest BCUT2D eigenvalue weighted by Gasteiger charge is 2.20. The van der Waals surface area contributed by atoms with Crippen LogP contribution in [-0.4, -0.2) is 33.0 Å². The lowest BCUT2D eigenvalue weighted by molar-refractivity contribution is 0.0616. The number of aromatic nitrogens is 3. The minimum atomic E-state index is -0.405. The molecule has 0 saturated carbocycles. The van der Waals surface area contributed by atoms with Crippen molar-refractivity contribution < 1.29 is 14.3 Å². The molecule has 1 atom stereocenters. The normalized spacial score (nSPS) is 17.2. The number of hydrogen-bond donors (Lipinski definition) is 0. The zero-order valence-corrected chi connectivity index (χ0v) is 14.8. The smallest absolute Gasteiger partial charge is 0.242 e. The molecule has 0 saturated heterocycles. The predicted octanol–water partition coefficient (Wildman–Crippen LogP) is 3.53. The molecular weight excluding hydrogens is 318 g/mol. The first-order chi connectivity index (χ1) is 12.0. The van der Waals surface area contributed by atoms with Crippen LogP contribution in [0.3, 0.4) is 0 Å². The molecule has 132 valence electrons. The van der Waals surface area contributed by atoms with Crippen LogP contribution < -0.4 is 4.74 Å². The van der Waals surface area contributed by atoms with E-state index in [2.05, 4.69) is 22.1 Å². The summed E-state index contributed by atoms with van der Waals surface area (Å²) in [4.78, 5) is 19.9. The van der Waals surface area contributed by atoms with E-state index in [-0.39, 0.29) is 0 Å². The van der Waals surface area contributed by atoms with Gasteiger partial charge in [-0.25, -0.2) is 4.98 Å². The number of nitrogens with zero attached hydrogens (tertiary/aromatic N) is 3. The topological polar surface area (TPSA) is 66.2 Å². The molecule has 0 amide bonds. The first-order valence-electron chi connectivity index (χ1n) is 8.37. The van der Waals surface area contributed by atoms with E-state index in [1.165, 1.54) is 6.33 Å². The average Bonchev–Trinajstić information content (AvgIpc) is 2.94. The van der Waals surface area contributed by atoms with Crippen molar-refractivity contribution in [3.63, 3.8) is 0 Å². The minimum Gasteiger partial charge on any atom is -0.470 e. The Balaban J connectivity index is 1.84. The molecule has 3 rings (SSSR count). The van der Waals surface area contributed by atoms with Crippen molar-refractivity contribution in [3.8, 4) is 5.88 Å². The molecule has 2 aromatic rings. The minimum absolute atomic E-state index is 0.312. The number of fused-ring (bicyclic) bond motifs is 1. The van der Waals surface area contributed by atoms with Gasteiger partial charge in [-0.15, -0.1) is 0 Å². The molecule has 6 heteroatoms. The van der Waals surface area contributed by atoms with Crippen molar-refractivity contribution in [1.82, 2.24) is 14.5 Å². The van der Waals surface area contributed by atoms with Gasteiger partial charge in [-0.1, -0.05) is 24.3 Å². The Bertz CT molecular complexity index is 815. The molecule has 2 aromatic heterocycles. The number of hydrogen-bond acceptors (Lipinski definition) is 5. The van der Waals surface area contributed by atoms with E-state index in [1.807, 2.05) is 37.5 Å². The maximum absolute atomic E-state index is 11.4. The van der Waals surface area contributed by atoms with Crippen LogP contribution in [0, 0.1) is 5.92 Å². The second kappa shape index (κ2) is 7.19. The van der Waals surface area contributed by atoms with Crippen molar-refractivity contribution >= 4 is 17.3 Å². The second-order valence-electron chi connectivity index (χ2n) is 7.07. The molecule has 0 radical (unpaired) electrons. The Morgan fingerprint density at radius 3 is 2.84 bits per heavy atom. The molecule has 0 N–H and O–H groups in total. The molecule has 0 fully saturated rings. The summed E-state index contributed by atoms with van der Waals surface area (Å²) in [5.41, 5.74) is 1.35. The molecular formula is C19H23N3O3. The van der Waals surface area contributed by atoms with Crippen LogP contribution >= 0.6 is 0 Å². The molecule has 0 bridgehead atoms. The fraction of sp³-hybridized carbons (Fsp3) is 0.421. The van der Waals surface area contributed by atoms with Crippen LogP contribution in [0.25, 0.3) is 11.0 Å². The summed E-state index contributed by atoms with van der Waals surface area (Å²) in [6.45, 7) is 6.78. The Morgan fingerprint density at radius 2 is 2.16 bits per heavy atom. The van der Waals surface area contributed by atoms with Crippen molar-refractivity contribution in [1.29, 1.82) is 0 Å². The maximum atomic E-state index is 11.4. The van der Waals surface area contributed by atoms with E-state index in [4.69, 9.17) is 9.47 Å². The highest BCUT2D eigenvalue weighted by molar-refractivity contribution is 5.96. The van der Waals surface area contributed by atoms with Crippen LogP contribution in [0.2, 0.25) is 0 Å². The lowest BCUT2D eigenvalue weighted by atomic mass is 10.0. The summed E-state index contributed by atoms with van der Waals surface area (Å²) in [7, 11) is 0. The quantitative estimate of drug-likeness (QED) is 0.752. The van der Waals surface area contributed by atoms with Crippen molar-refractivity contribution in [2.75, 3.05) is 6.61 Å². The van der Waals surface area contributed by atoms with E-state index in [0.29, 0.717) is 41.7 Å². The van der Waals surface area contributed by atoms with Crippen LogP contribution in [-0.2, 0) is 11.5 Å². The van der Waals surface area contributed by atoms with Crippen LogP contribution in [0.15, 0.2) is 36.8 Å². The van der Waals surface area contributed by atoms with Gasteiger partial charge in [0.2, 0.25) is 5.88 Å². The third-order valence-electron chi connectivity index (χ3n) is 3.81. The fourth-order valence-electron chi connectivity index (χ4n) is 2.74. The van der Waals surface area contributed by atoms with Crippen LogP contribution in [0.1, 0.15) is 37.6 Å². The monoisotopic (exact) mass is 341 g/mol. The van der Waals surface area contributed by atoms with E-state index < -0.39 is 5.60 Å². The van der Waals surface area contributed by atoms with Gasteiger partial charge < -0.3 is 14.0 Å². The summed E-state index contributed by atoms with van der Waals surface area (Å²) in [5.74, 6) is 0.827. The average molecular weight is 341 g/mol. The highest BCUT2D eigenvalue weighted by Crippen LogP contribution is 2.28. The number of carbonyl (C=O) groups is 1. The maximum Gasteiger partial charge on any atom is 0.242 e. The zero-order valence-electron chi connectivity index (χ0n) is 14.8. The number of rotatable bonds is 6. The van der Waals surface area contributed by atoms with Gasteiger partial charge in [-0.2, -0.15) is 4.98 Å². The number of carbonyl (C=O) groups excluding carboxylic acids is 1. The summed E-state index contributed by atoms with van der Waals surface area (Å²) in [5, 5.41) is 0. The summed E-state index contributed by atoms with van der Waals surface area (Å²) < 4.78 is 13.6. The second-order valence-corrected chi connectivity index (χ2v) is 7.07. The Labute approximate surface area is 147 Å². The van der Waals surface area contributed by atoms with Crippen molar-refractivity contribution in [2.24, 2.45) is 5.92 Å². The largest absolute Gasteiger partial charge is 0.470 e. The number of ether oxygens (including phenoxy) is 2. The van der Waals surface area contributed by atoms with Gasteiger partial charge in [0.25, 0.3) is 0 Å². The van der Waals surface area contributed by atoms with E-state index >= 15 is 0 Å². The van der Waals surface area contributed by atoms with Gasteiger partial charge >= 0.3 is 0 Å². The Kier molecular flexibility index (Phi) is 4.99. The van der Waals surface area contributed by atoms with Gasteiger partial charge in [-0.3, -0.25) is 4.79 Å². The van der Waals surface area contributed by atoms with Crippen LogP contribution in [0.4, 0.5) is 0 Å². The highest BCUT2D eigenvalue weighted by atomic mass is 16.5. The Morgan fingerprint density at radius 1 is 1.32 bits per heavy atom. The van der Waals surface area contributed by atoms with E-state index in [0.717, 1.165) is 12.7 Å². The molecule has 1 aliphatic carbocycles.